The molecule has 0 amide bonds. The number of carboxylic acids is 1. The molecule has 1 atom stereocenters. The minimum absolute atomic E-state index is 0.259. The van der Waals surface area contributed by atoms with Gasteiger partial charge in [-0.3, -0.25) is 5.43 Å². The van der Waals surface area contributed by atoms with Crippen LogP contribution < -0.4 is 10.7 Å². The van der Waals surface area contributed by atoms with Gasteiger partial charge in [0.15, 0.2) is 5.11 Å². The minimum Gasteiger partial charge on any atom is -0.478 e. The lowest BCUT2D eigenvalue weighted by molar-refractivity contribution is 0.0697. The van der Waals surface area contributed by atoms with Crippen LogP contribution in [0, 0.1) is 5.92 Å². The van der Waals surface area contributed by atoms with Crippen molar-refractivity contribution in [3.8, 4) is 0 Å². The number of piperidine rings is 3. The van der Waals surface area contributed by atoms with E-state index in [4.69, 9.17) is 17.3 Å². The largest absolute Gasteiger partial charge is 0.478 e. The zero-order valence-electron chi connectivity index (χ0n) is 12.7. The summed E-state index contributed by atoms with van der Waals surface area (Å²) in [6.45, 7) is 3.45. The molecule has 6 nitrogen and oxygen atoms in total. The number of fused-ring (bicyclic) bond motifs is 3. The Labute approximate surface area is 140 Å². The third-order valence-corrected chi connectivity index (χ3v) is 4.72. The molecule has 3 fully saturated rings. The predicted octanol–water partition coefficient (Wildman–Crippen LogP) is 1.28. The van der Waals surface area contributed by atoms with Crippen molar-refractivity contribution in [2.45, 2.75) is 18.9 Å². The fraction of sp³-hybridized carbons (Fsp3) is 0.438. The van der Waals surface area contributed by atoms with E-state index in [1.807, 2.05) is 0 Å². The number of thiocarbonyl (C=S) groups is 1. The molecule has 122 valence electrons. The molecular weight excluding hydrogens is 312 g/mol. The van der Waals surface area contributed by atoms with Crippen molar-refractivity contribution >= 4 is 29.5 Å². The summed E-state index contributed by atoms with van der Waals surface area (Å²) >= 11 is 5.29. The molecule has 2 bridgehead atoms. The second-order valence-electron chi connectivity index (χ2n) is 6.02. The first kappa shape index (κ1) is 15.9. The number of rotatable bonds is 4. The van der Waals surface area contributed by atoms with Gasteiger partial charge in [-0.15, -0.1) is 0 Å². The molecule has 0 radical (unpaired) electrons. The summed E-state index contributed by atoms with van der Waals surface area (Å²) in [5, 5.41) is 16.8. The smallest absolute Gasteiger partial charge is 0.335 e. The number of benzene rings is 1. The molecule has 3 aliphatic rings. The maximum Gasteiger partial charge on any atom is 0.335 e. The quantitative estimate of drug-likeness (QED) is 0.438. The normalized spacial score (nSPS) is 26.2. The average molecular weight is 332 g/mol. The summed E-state index contributed by atoms with van der Waals surface area (Å²) in [5.41, 5.74) is 3.90. The Morgan fingerprint density at radius 3 is 2.57 bits per heavy atom. The second-order valence-corrected chi connectivity index (χ2v) is 6.42. The van der Waals surface area contributed by atoms with Crippen molar-refractivity contribution in [3.63, 3.8) is 0 Å². The topological polar surface area (TPSA) is 77.0 Å². The van der Waals surface area contributed by atoms with E-state index >= 15 is 0 Å². The van der Waals surface area contributed by atoms with Gasteiger partial charge in [0.05, 0.1) is 11.8 Å². The summed E-state index contributed by atoms with van der Waals surface area (Å²) in [7, 11) is 0. The van der Waals surface area contributed by atoms with Crippen LogP contribution in [0.3, 0.4) is 0 Å². The number of carbonyl (C=O) groups is 1. The van der Waals surface area contributed by atoms with E-state index in [1.54, 1.807) is 30.5 Å². The van der Waals surface area contributed by atoms with E-state index in [0.29, 0.717) is 17.1 Å². The van der Waals surface area contributed by atoms with Crippen LogP contribution in [0.5, 0.6) is 0 Å². The molecule has 0 aliphatic carbocycles. The Balaban J connectivity index is 1.47. The average Bonchev–Trinajstić information content (AvgIpc) is 2.56. The van der Waals surface area contributed by atoms with Gasteiger partial charge in [-0.1, -0.05) is 12.1 Å². The van der Waals surface area contributed by atoms with Crippen LogP contribution in [-0.2, 0) is 0 Å². The van der Waals surface area contributed by atoms with Crippen LogP contribution in [0.15, 0.2) is 29.4 Å². The molecular formula is C16H20N4O2S. The highest BCUT2D eigenvalue weighted by molar-refractivity contribution is 7.80. The van der Waals surface area contributed by atoms with E-state index in [9.17, 15) is 4.79 Å². The third kappa shape index (κ3) is 4.05. The number of carboxylic acid groups (broad SMARTS) is 1. The monoisotopic (exact) mass is 332 g/mol. The van der Waals surface area contributed by atoms with Gasteiger partial charge < -0.3 is 15.3 Å². The first-order valence-electron chi connectivity index (χ1n) is 7.77. The van der Waals surface area contributed by atoms with Crippen LogP contribution in [0.2, 0.25) is 0 Å². The maximum absolute atomic E-state index is 10.8. The maximum atomic E-state index is 10.8. The predicted molar refractivity (Wildman–Crippen MR) is 92.8 cm³/mol. The molecule has 1 aromatic carbocycles. The van der Waals surface area contributed by atoms with E-state index in [2.05, 4.69) is 20.7 Å². The van der Waals surface area contributed by atoms with Crippen LogP contribution in [0.25, 0.3) is 0 Å². The number of aromatic carboxylic acids is 1. The highest BCUT2D eigenvalue weighted by atomic mass is 32.1. The Morgan fingerprint density at radius 2 is 2.00 bits per heavy atom. The van der Waals surface area contributed by atoms with E-state index in [-0.39, 0.29) is 5.56 Å². The molecule has 4 rings (SSSR count). The van der Waals surface area contributed by atoms with Crippen molar-refractivity contribution in [3.05, 3.63) is 35.4 Å². The number of hydrogen-bond acceptors (Lipinski definition) is 4. The van der Waals surface area contributed by atoms with Gasteiger partial charge in [-0.2, -0.15) is 5.10 Å². The Hall–Kier alpha value is -1.99. The molecule has 3 heterocycles. The van der Waals surface area contributed by atoms with E-state index < -0.39 is 5.97 Å². The van der Waals surface area contributed by atoms with Crippen LogP contribution in [0.4, 0.5) is 0 Å². The lowest BCUT2D eigenvalue weighted by Gasteiger charge is -2.45. The fourth-order valence-corrected chi connectivity index (χ4v) is 3.41. The van der Waals surface area contributed by atoms with Crippen molar-refractivity contribution in [1.82, 2.24) is 15.6 Å². The van der Waals surface area contributed by atoms with Crippen LogP contribution in [-0.4, -0.2) is 53.0 Å². The molecule has 7 heteroatoms. The Kier molecular flexibility index (Phi) is 4.88. The lowest BCUT2D eigenvalue weighted by Crippen LogP contribution is -2.58. The van der Waals surface area contributed by atoms with E-state index in [1.165, 1.54) is 25.9 Å². The molecule has 23 heavy (non-hydrogen) atoms. The zero-order chi connectivity index (χ0) is 16.2. The molecule has 0 saturated carbocycles. The second kappa shape index (κ2) is 7.06. The summed E-state index contributed by atoms with van der Waals surface area (Å²) in [6.07, 6.45) is 4.09. The first-order valence-corrected chi connectivity index (χ1v) is 8.18. The molecule has 3 N–H and O–H groups in total. The van der Waals surface area contributed by atoms with Crippen molar-refractivity contribution < 1.29 is 9.90 Å². The molecule has 3 aliphatic heterocycles. The summed E-state index contributed by atoms with van der Waals surface area (Å²) < 4.78 is 0. The van der Waals surface area contributed by atoms with Gasteiger partial charge in [-0.05, 0) is 61.8 Å². The molecule has 0 aromatic heterocycles. The fourth-order valence-electron chi connectivity index (χ4n) is 3.21. The number of hydrazone groups is 1. The SMILES string of the molecule is O=C(O)c1ccc(/C=N/NC(=S)NC2CN3CCC2CC3)cc1. The van der Waals surface area contributed by atoms with Crippen LogP contribution >= 0.6 is 12.2 Å². The molecule has 0 spiro atoms. The summed E-state index contributed by atoms with van der Waals surface area (Å²) in [6, 6.07) is 6.92. The van der Waals surface area contributed by atoms with Gasteiger partial charge in [0.25, 0.3) is 0 Å². The Morgan fingerprint density at radius 1 is 1.30 bits per heavy atom. The van der Waals surface area contributed by atoms with E-state index in [0.717, 1.165) is 12.1 Å². The highest BCUT2D eigenvalue weighted by Gasteiger charge is 2.34. The van der Waals surface area contributed by atoms with Gasteiger partial charge in [0, 0.05) is 12.6 Å². The van der Waals surface area contributed by atoms with Gasteiger partial charge in [-0.25, -0.2) is 4.79 Å². The number of hydrogen-bond donors (Lipinski definition) is 3. The highest BCUT2D eigenvalue weighted by Crippen LogP contribution is 2.27. The first-order chi connectivity index (χ1) is 11.1. The van der Waals surface area contributed by atoms with Crippen LogP contribution in [0.1, 0.15) is 28.8 Å². The molecule has 3 saturated heterocycles. The number of nitrogens with one attached hydrogen (secondary N) is 2. The van der Waals surface area contributed by atoms with Crippen molar-refractivity contribution in [2.75, 3.05) is 19.6 Å². The molecule has 1 unspecified atom stereocenters. The lowest BCUT2D eigenvalue weighted by atomic mass is 9.84. The third-order valence-electron chi connectivity index (χ3n) is 4.51. The minimum atomic E-state index is -0.936. The summed E-state index contributed by atoms with van der Waals surface area (Å²) in [4.78, 5) is 13.3. The summed E-state index contributed by atoms with van der Waals surface area (Å²) in [5.74, 6) is -0.234. The Bertz CT molecular complexity index is 609. The molecule has 1 aromatic rings. The van der Waals surface area contributed by atoms with Crippen molar-refractivity contribution in [1.29, 1.82) is 0 Å². The van der Waals surface area contributed by atoms with Crippen molar-refractivity contribution in [2.24, 2.45) is 11.0 Å². The van der Waals surface area contributed by atoms with Gasteiger partial charge >= 0.3 is 5.97 Å². The zero-order valence-corrected chi connectivity index (χ0v) is 13.6. The van der Waals surface area contributed by atoms with Gasteiger partial charge in [0.2, 0.25) is 0 Å². The standard InChI is InChI=1S/C16H20N4O2S/c21-15(22)13-3-1-11(2-4-13)9-17-19-16(23)18-14-10-20-7-5-12(14)6-8-20/h1-4,9,12,14H,5-8,10H2,(H,21,22)(H2,18,19,23)/b17-9+. The van der Waals surface area contributed by atoms with Gasteiger partial charge in [0.1, 0.15) is 0 Å². The number of nitrogens with zero attached hydrogens (tertiary/aromatic N) is 2.